The van der Waals surface area contributed by atoms with Crippen molar-refractivity contribution in [1.82, 2.24) is 25.3 Å². The van der Waals surface area contributed by atoms with Crippen LogP contribution in [0, 0.1) is 28.6 Å². The van der Waals surface area contributed by atoms with E-state index >= 15 is 0 Å². The second-order valence-electron chi connectivity index (χ2n) is 8.52. The molecule has 0 radical (unpaired) electrons. The number of aromatic nitrogens is 4. The third-order valence-corrected chi connectivity index (χ3v) is 6.59. The monoisotopic (exact) mass is 424 g/mol. The van der Waals surface area contributed by atoms with E-state index in [2.05, 4.69) is 43.9 Å². The summed E-state index contributed by atoms with van der Waals surface area (Å²) >= 11 is 0. The lowest BCUT2D eigenvalue weighted by Crippen LogP contribution is -2.29. The minimum Gasteiger partial charge on any atom is -0.317 e. The molecule has 2 atom stereocenters. The Kier molecular flexibility index (Phi) is 5.08. The number of H-pyrrole nitrogens is 1. The minimum atomic E-state index is -0.469. The second kappa shape index (κ2) is 8.07. The molecule has 3 aromatic rings. The number of nitriles is 2. The number of hydrogen-bond acceptors (Lipinski definition) is 6. The number of allylic oxidation sites excluding steroid dienone is 2. The maximum Gasteiger partial charge on any atom is 0.103 e. The zero-order valence-corrected chi connectivity index (χ0v) is 18.1. The number of aromatic amines is 1. The Hall–Kier alpha value is -3.75. The number of fused-ring (bicyclic) bond motifs is 1. The Balaban J connectivity index is 1.57. The molecule has 0 saturated carbocycles. The van der Waals surface area contributed by atoms with Crippen LogP contribution in [-0.4, -0.2) is 38.8 Å². The van der Waals surface area contributed by atoms with E-state index < -0.39 is 5.92 Å². The van der Waals surface area contributed by atoms with Gasteiger partial charge in [0.05, 0.1) is 47.1 Å². The van der Waals surface area contributed by atoms with Gasteiger partial charge in [-0.25, -0.2) is 0 Å². The van der Waals surface area contributed by atoms with Crippen molar-refractivity contribution in [1.29, 1.82) is 10.5 Å². The van der Waals surface area contributed by atoms with Gasteiger partial charge in [-0.3, -0.25) is 14.8 Å². The quantitative estimate of drug-likeness (QED) is 0.662. The fourth-order valence-corrected chi connectivity index (χ4v) is 4.88. The van der Waals surface area contributed by atoms with Gasteiger partial charge in [-0.1, -0.05) is 6.07 Å². The molecule has 2 unspecified atom stereocenters. The molecular weight excluding hydrogens is 400 g/mol. The third kappa shape index (κ3) is 3.30. The molecule has 8 heteroatoms. The molecule has 2 aromatic heterocycles. The Morgan fingerprint density at radius 3 is 2.72 bits per heavy atom. The summed E-state index contributed by atoms with van der Waals surface area (Å²) in [5.41, 5.74) is 5.58. The summed E-state index contributed by atoms with van der Waals surface area (Å²) < 4.78 is 2.05. The van der Waals surface area contributed by atoms with E-state index in [9.17, 15) is 10.5 Å². The van der Waals surface area contributed by atoms with Crippen molar-refractivity contribution < 1.29 is 0 Å². The lowest BCUT2D eigenvalue weighted by atomic mass is 9.76. The normalized spacial score (nSPS) is 21.9. The molecule has 2 N–H and O–H groups in total. The van der Waals surface area contributed by atoms with Crippen molar-refractivity contribution in [3.05, 3.63) is 47.4 Å². The van der Waals surface area contributed by atoms with Crippen LogP contribution in [-0.2, 0) is 0 Å². The first kappa shape index (κ1) is 20.2. The first-order valence-corrected chi connectivity index (χ1v) is 10.9. The number of nitrogens with zero attached hydrogens (tertiary/aromatic N) is 6. The predicted molar refractivity (Wildman–Crippen MR) is 122 cm³/mol. The van der Waals surface area contributed by atoms with E-state index in [1.807, 2.05) is 42.9 Å². The molecule has 0 spiro atoms. The molecule has 0 aliphatic carbocycles. The average molecular weight is 425 g/mol. The highest BCUT2D eigenvalue weighted by Gasteiger charge is 2.34. The maximum absolute atomic E-state index is 9.83. The van der Waals surface area contributed by atoms with Crippen molar-refractivity contribution in [3.63, 3.8) is 0 Å². The summed E-state index contributed by atoms with van der Waals surface area (Å²) in [6.45, 7) is 5.70. The first-order chi connectivity index (χ1) is 15.6. The highest BCUT2D eigenvalue weighted by atomic mass is 15.3. The van der Waals surface area contributed by atoms with Crippen LogP contribution >= 0.6 is 0 Å². The smallest absolute Gasteiger partial charge is 0.103 e. The fourth-order valence-electron chi connectivity index (χ4n) is 4.88. The summed E-state index contributed by atoms with van der Waals surface area (Å²) in [5, 5.41) is 36.3. The standard InChI is InChI=1S/C24H24N8/c1-14-20(10-25)23(21(11-26)15(2)29-14)16-3-4-22-19(9-16)24(31-30-22)17-12-28-32(13-17)18-5-7-27-8-6-18/h3-4,9,12-13,18,20,23,27H,5-8H2,1-2H3,(H,30,31). The summed E-state index contributed by atoms with van der Waals surface area (Å²) in [7, 11) is 0. The van der Waals surface area contributed by atoms with Gasteiger partial charge >= 0.3 is 0 Å². The van der Waals surface area contributed by atoms with Gasteiger partial charge in [-0.05, 0) is 57.5 Å². The van der Waals surface area contributed by atoms with Crippen LogP contribution in [0.25, 0.3) is 22.2 Å². The molecule has 160 valence electrons. The molecule has 0 bridgehead atoms. The van der Waals surface area contributed by atoms with Crippen LogP contribution in [0.1, 0.15) is 44.2 Å². The van der Waals surface area contributed by atoms with Crippen LogP contribution in [0.4, 0.5) is 0 Å². The summed E-state index contributed by atoms with van der Waals surface area (Å²) in [6.07, 6.45) is 6.06. The number of aliphatic imine (C=N–C) groups is 1. The summed E-state index contributed by atoms with van der Waals surface area (Å²) in [6, 6.07) is 11.0. The van der Waals surface area contributed by atoms with Gasteiger partial charge in [-0.2, -0.15) is 20.7 Å². The molecule has 1 saturated heterocycles. The Morgan fingerprint density at radius 1 is 1.16 bits per heavy atom. The van der Waals surface area contributed by atoms with Crippen LogP contribution in [0.5, 0.6) is 0 Å². The highest BCUT2D eigenvalue weighted by molar-refractivity contribution is 5.94. The highest BCUT2D eigenvalue weighted by Crippen LogP contribution is 2.40. The van der Waals surface area contributed by atoms with Crippen molar-refractivity contribution >= 4 is 16.6 Å². The number of hydrogen-bond donors (Lipinski definition) is 2. The summed E-state index contributed by atoms with van der Waals surface area (Å²) in [5.74, 6) is -0.809. The Labute approximate surface area is 186 Å². The van der Waals surface area contributed by atoms with Crippen LogP contribution in [0.15, 0.2) is 46.9 Å². The van der Waals surface area contributed by atoms with Crippen molar-refractivity contribution in [2.24, 2.45) is 10.9 Å². The Morgan fingerprint density at radius 2 is 1.97 bits per heavy atom. The third-order valence-electron chi connectivity index (χ3n) is 6.59. The molecular formula is C24H24N8. The number of rotatable bonds is 3. The van der Waals surface area contributed by atoms with Gasteiger partial charge < -0.3 is 5.32 Å². The van der Waals surface area contributed by atoms with Gasteiger partial charge in [0.1, 0.15) is 5.69 Å². The van der Waals surface area contributed by atoms with E-state index in [0.29, 0.717) is 17.3 Å². The molecule has 2 aliphatic rings. The van der Waals surface area contributed by atoms with Gasteiger partial charge in [0.15, 0.2) is 0 Å². The van der Waals surface area contributed by atoms with E-state index in [1.165, 1.54) is 0 Å². The van der Waals surface area contributed by atoms with Gasteiger partial charge in [-0.15, -0.1) is 0 Å². The van der Waals surface area contributed by atoms with Crippen LogP contribution < -0.4 is 5.32 Å². The van der Waals surface area contributed by atoms with E-state index in [-0.39, 0.29) is 5.92 Å². The fraction of sp³-hybridized carbons (Fsp3) is 0.375. The molecule has 32 heavy (non-hydrogen) atoms. The molecule has 1 fully saturated rings. The second-order valence-corrected chi connectivity index (χ2v) is 8.52. The molecule has 4 heterocycles. The Bertz CT molecular complexity index is 1320. The molecule has 5 rings (SSSR count). The topological polar surface area (TPSA) is 118 Å². The van der Waals surface area contributed by atoms with Gasteiger partial charge in [0, 0.05) is 28.8 Å². The number of nitrogens with one attached hydrogen (secondary N) is 2. The SMILES string of the molecule is CC1=NC(C)=C(C#N)C(c2ccc3[nH]nc(-c4cnn(C5CCNCC5)c4)c3c2)C1C#N. The first-order valence-electron chi connectivity index (χ1n) is 10.9. The molecule has 0 amide bonds. The van der Waals surface area contributed by atoms with Crippen LogP contribution in [0.2, 0.25) is 0 Å². The lowest BCUT2D eigenvalue weighted by Gasteiger charge is -2.26. The summed E-state index contributed by atoms with van der Waals surface area (Å²) in [4.78, 5) is 4.44. The van der Waals surface area contributed by atoms with E-state index in [1.54, 1.807) is 0 Å². The largest absolute Gasteiger partial charge is 0.317 e. The molecule has 2 aliphatic heterocycles. The zero-order chi connectivity index (χ0) is 22.2. The number of piperidine rings is 1. The van der Waals surface area contributed by atoms with Crippen molar-refractivity contribution in [2.45, 2.75) is 38.6 Å². The van der Waals surface area contributed by atoms with Crippen LogP contribution in [0.3, 0.4) is 0 Å². The lowest BCUT2D eigenvalue weighted by molar-refractivity contribution is 0.343. The van der Waals surface area contributed by atoms with Crippen molar-refractivity contribution in [3.8, 4) is 23.4 Å². The van der Waals surface area contributed by atoms with Gasteiger partial charge in [0.2, 0.25) is 0 Å². The predicted octanol–water partition coefficient (Wildman–Crippen LogP) is 3.85. The average Bonchev–Trinajstić information content (AvgIpc) is 3.46. The van der Waals surface area contributed by atoms with Crippen molar-refractivity contribution in [2.75, 3.05) is 13.1 Å². The minimum absolute atomic E-state index is 0.341. The van der Waals surface area contributed by atoms with E-state index in [0.717, 1.165) is 59.4 Å². The number of benzene rings is 1. The molecule has 1 aromatic carbocycles. The molecule has 8 nitrogen and oxygen atoms in total. The van der Waals surface area contributed by atoms with E-state index in [4.69, 9.17) is 0 Å². The van der Waals surface area contributed by atoms with Gasteiger partial charge in [0.25, 0.3) is 0 Å². The maximum atomic E-state index is 9.83. The zero-order valence-electron chi connectivity index (χ0n) is 18.1.